The molecule has 0 aliphatic heterocycles. The molecule has 0 fully saturated rings. The van der Waals surface area contributed by atoms with E-state index < -0.39 is 12.1 Å². The van der Waals surface area contributed by atoms with Crippen molar-refractivity contribution in [2.24, 2.45) is 0 Å². The van der Waals surface area contributed by atoms with Gasteiger partial charge in [0.25, 0.3) is 0 Å². The van der Waals surface area contributed by atoms with E-state index in [4.69, 9.17) is 0 Å². The topological polar surface area (TPSA) is 66.8 Å². The molecule has 1 aromatic carbocycles. The number of aromatic hydroxyl groups is 1. The second-order valence-electron chi connectivity index (χ2n) is 3.32. The first-order chi connectivity index (χ1) is 7.47. The maximum absolute atomic E-state index is 11.3. The zero-order valence-corrected chi connectivity index (χ0v) is 10.6. The number of halogens is 1. The lowest BCUT2D eigenvalue weighted by Crippen LogP contribution is -2.15. The van der Waals surface area contributed by atoms with Crippen molar-refractivity contribution in [3.63, 3.8) is 0 Å². The van der Waals surface area contributed by atoms with Crippen molar-refractivity contribution < 1.29 is 19.7 Å². The van der Waals surface area contributed by atoms with Crippen molar-refractivity contribution in [3.05, 3.63) is 27.7 Å². The lowest BCUT2D eigenvalue weighted by Gasteiger charge is -2.13. The molecule has 1 aromatic rings. The normalized spacial score (nSPS) is 12.2. The number of hydrogen-bond acceptors (Lipinski definition) is 4. The number of aliphatic hydroxyl groups is 1. The highest BCUT2D eigenvalue weighted by molar-refractivity contribution is 9.10. The SMILES string of the molecule is CCOC(=O)C(O)c1cc(Br)cc(C)c1O. The summed E-state index contributed by atoms with van der Waals surface area (Å²) in [7, 11) is 0. The number of aliphatic hydroxyl groups excluding tert-OH is 1. The van der Waals surface area contributed by atoms with Gasteiger partial charge in [-0.1, -0.05) is 15.9 Å². The molecule has 0 spiro atoms. The molecular formula is C11H13BrO4. The second kappa shape index (κ2) is 5.32. The number of carbonyl (C=O) groups excluding carboxylic acids is 1. The number of aryl methyl sites for hydroxylation is 1. The van der Waals surface area contributed by atoms with E-state index in [0.717, 1.165) is 0 Å². The minimum absolute atomic E-state index is 0.0937. The zero-order chi connectivity index (χ0) is 12.3. The lowest BCUT2D eigenvalue weighted by atomic mass is 10.0. The highest BCUT2D eigenvalue weighted by Crippen LogP contribution is 2.31. The Kier molecular flexibility index (Phi) is 4.32. The molecule has 5 heteroatoms. The number of hydrogen-bond donors (Lipinski definition) is 2. The van der Waals surface area contributed by atoms with Crippen LogP contribution in [-0.4, -0.2) is 22.8 Å². The van der Waals surface area contributed by atoms with Gasteiger partial charge in [-0.3, -0.25) is 0 Å². The van der Waals surface area contributed by atoms with Crippen LogP contribution in [0.3, 0.4) is 0 Å². The summed E-state index contributed by atoms with van der Waals surface area (Å²) in [5, 5.41) is 19.4. The van der Waals surface area contributed by atoms with Crippen molar-refractivity contribution in [1.29, 1.82) is 0 Å². The highest BCUT2D eigenvalue weighted by atomic mass is 79.9. The first-order valence-electron chi connectivity index (χ1n) is 4.81. The van der Waals surface area contributed by atoms with E-state index in [2.05, 4.69) is 20.7 Å². The summed E-state index contributed by atoms with van der Waals surface area (Å²) in [5.74, 6) is -0.862. The van der Waals surface area contributed by atoms with Gasteiger partial charge < -0.3 is 14.9 Å². The summed E-state index contributed by atoms with van der Waals surface area (Å²) < 4.78 is 5.36. The molecule has 0 radical (unpaired) electrons. The van der Waals surface area contributed by atoms with Gasteiger partial charge in [0, 0.05) is 10.0 Å². The Morgan fingerprint density at radius 2 is 2.19 bits per heavy atom. The molecular weight excluding hydrogens is 276 g/mol. The number of carbonyl (C=O) groups is 1. The Balaban J connectivity index is 3.08. The maximum atomic E-state index is 11.3. The zero-order valence-electron chi connectivity index (χ0n) is 9.03. The fourth-order valence-corrected chi connectivity index (χ4v) is 1.91. The van der Waals surface area contributed by atoms with Crippen molar-refractivity contribution in [2.45, 2.75) is 20.0 Å². The van der Waals surface area contributed by atoms with Crippen LogP contribution < -0.4 is 0 Å². The van der Waals surface area contributed by atoms with Crippen molar-refractivity contribution in [3.8, 4) is 5.75 Å². The van der Waals surface area contributed by atoms with E-state index in [-0.39, 0.29) is 17.9 Å². The Labute approximate surface area is 102 Å². The molecule has 4 nitrogen and oxygen atoms in total. The molecule has 1 unspecified atom stereocenters. The molecule has 1 atom stereocenters. The van der Waals surface area contributed by atoms with Gasteiger partial charge in [-0.25, -0.2) is 4.79 Å². The molecule has 2 N–H and O–H groups in total. The van der Waals surface area contributed by atoms with Gasteiger partial charge >= 0.3 is 5.97 Å². The molecule has 16 heavy (non-hydrogen) atoms. The number of benzene rings is 1. The number of ether oxygens (including phenoxy) is 1. The predicted molar refractivity (Wildman–Crippen MR) is 62.1 cm³/mol. The molecule has 0 heterocycles. The Hall–Kier alpha value is -1.07. The van der Waals surface area contributed by atoms with E-state index >= 15 is 0 Å². The lowest BCUT2D eigenvalue weighted by molar-refractivity contribution is -0.153. The third-order valence-corrected chi connectivity index (χ3v) is 2.56. The average molecular weight is 289 g/mol. The van der Waals surface area contributed by atoms with Gasteiger partial charge in [0.05, 0.1) is 6.61 Å². The number of phenolic OH excluding ortho intramolecular Hbond substituents is 1. The standard InChI is InChI=1S/C11H13BrO4/c1-3-16-11(15)10(14)8-5-7(12)4-6(2)9(8)13/h4-5,10,13-14H,3H2,1-2H3. The highest BCUT2D eigenvalue weighted by Gasteiger charge is 2.23. The van der Waals surface area contributed by atoms with Crippen molar-refractivity contribution in [1.82, 2.24) is 0 Å². The molecule has 88 valence electrons. The van der Waals surface area contributed by atoms with Crippen LogP contribution in [0.2, 0.25) is 0 Å². The molecule has 0 saturated heterocycles. The van der Waals surface area contributed by atoms with E-state index in [1.807, 2.05) is 0 Å². The van der Waals surface area contributed by atoms with Crippen molar-refractivity contribution in [2.75, 3.05) is 6.61 Å². The van der Waals surface area contributed by atoms with Crippen LogP contribution in [0.1, 0.15) is 24.2 Å². The minimum atomic E-state index is -1.46. The van der Waals surface area contributed by atoms with Crippen molar-refractivity contribution >= 4 is 21.9 Å². The quantitative estimate of drug-likeness (QED) is 0.836. The average Bonchev–Trinajstić information content (AvgIpc) is 2.22. The maximum Gasteiger partial charge on any atom is 0.339 e. The summed E-state index contributed by atoms with van der Waals surface area (Å²) >= 11 is 3.23. The van der Waals surface area contributed by atoms with E-state index in [9.17, 15) is 15.0 Å². The van der Waals surface area contributed by atoms with Crippen LogP contribution in [0.25, 0.3) is 0 Å². The fourth-order valence-electron chi connectivity index (χ4n) is 1.32. The van der Waals surface area contributed by atoms with Gasteiger partial charge in [-0.15, -0.1) is 0 Å². The molecule has 1 rings (SSSR count). The summed E-state index contributed by atoms with van der Waals surface area (Å²) in [6.07, 6.45) is -1.46. The first-order valence-corrected chi connectivity index (χ1v) is 5.60. The number of esters is 1. The second-order valence-corrected chi connectivity index (χ2v) is 4.23. The molecule has 0 saturated carbocycles. The molecule has 0 aliphatic carbocycles. The van der Waals surface area contributed by atoms with E-state index in [1.54, 1.807) is 19.9 Å². The Morgan fingerprint density at radius 1 is 1.56 bits per heavy atom. The van der Waals surface area contributed by atoms with Crippen LogP contribution in [0.5, 0.6) is 5.75 Å². The van der Waals surface area contributed by atoms with Gasteiger partial charge in [0.15, 0.2) is 6.10 Å². The molecule has 0 bridgehead atoms. The summed E-state index contributed by atoms with van der Waals surface area (Å²) in [6.45, 7) is 3.52. The summed E-state index contributed by atoms with van der Waals surface area (Å²) in [6, 6.07) is 3.18. The molecule has 0 aliphatic rings. The fraction of sp³-hybridized carbons (Fsp3) is 0.364. The van der Waals surface area contributed by atoms with Gasteiger partial charge in [0.1, 0.15) is 5.75 Å². The van der Waals surface area contributed by atoms with E-state index in [1.165, 1.54) is 6.07 Å². The van der Waals surface area contributed by atoms with Crippen LogP contribution in [0.15, 0.2) is 16.6 Å². The number of phenols is 1. The van der Waals surface area contributed by atoms with E-state index in [0.29, 0.717) is 10.0 Å². The molecule has 0 amide bonds. The smallest absolute Gasteiger partial charge is 0.339 e. The summed E-state index contributed by atoms with van der Waals surface area (Å²) in [4.78, 5) is 11.3. The third kappa shape index (κ3) is 2.74. The third-order valence-electron chi connectivity index (χ3n) is 2.10. The predicted octanol–water partition coefficient (Wildman–Crippen LogP) is 2.06. The minimum Gasteiger partial charge on any atom is -0.507 e. The van der Waals surface area contributed by atoms with Crippen LogP contribution in [-0.2, 0) is 9.53 Å². The van der Waals surface area contributed by atoms with Gasteiger partial charge in [-0.05, 0) is 31.5 Å². The van der Waals surface area contributed by atoms with Crippen LogP contribution in [0.4, 0.5) is 0 Å². The number of rotatable bonds is 3. The van der Waals surface area contributed by atoms with Gasteiger partial charge in [0.2, 0.25) is 0 Å². The van der Waals surface area contributed by atoms with Gasteiger partial charge in [-0.2, -0.15) is 0 Å². The Bertz CT molecular complexity index is 403. The monoisotopic (exact) mass is 288 g/mol. The van der Waals surface area contributed by atoms with Crippen LogP contribution in [0, 0.1) is 6.92 Å². The molecule has 0 aromatic heterocycles. The van der Waals surface area contributed by atoms with Crippen LogP contribution >= 0.6 is 15.9 Å². The first kappa shape index (κ1) is 13.0. The Morgan fingerprint density at radius 3 is 2.75 bits per heavy atom. The summed E-state index contributed by atoms with van der Waals surface area (Å²) in [5.41, 5.74) is 0.720. The largest absolute Gasteiger partial charge is 0.507 e.